The van der Waals surface area contributed by atoms with Crippen molar-refractivity contribution in [2.75, 3.05) is 0 Å². The Morgan fingerprint density at radius 2 is 1.96 bits per heavy atom. The largest absolute Gasteiger partial charge is 0.463 e. The molecule has 4 rings (SSSR count). The number of nitrogens with zero attached hydrogens (tertiary/aromatic N) is 1. The fourth-order valence-electron chi connectivity index (χ4n) is 2.67. The van der Waals surface area contributed by atoms with Gasteiger partial charge in [0.1, 0.15) is 5.69 Å². The van der Waals surface area contributed by atoms with Gasteiger partial charge >= 0.3 is 0 Å². The van der Waals surface area contributed by atoms with E-state index in [9.17, 15) is 4.79 Å². The third-order valence-electron chi connectivity index (χ3n) is 4.05. The van der Waals surface area contributed by atoms with Gasteiger partial charge in [-0.1, -0.05) is 12.1 Å². The number of hydrogen-bond acceptors (Lipinski definition) is 4. The number of rotatable bonds is 5. The Bertz CT molecular complexity index is 991. The first-order valence-electron chi connectivity index (χ1n) is 8.19. The molecule has 0 bridgehead atoms. The van der Waals surface area contributed by atoms with E-state index in [-0.39, 0.29) is 5.91 Å². The summed E-state index contributed by atoms with van der Waals surface area (Å²) >= 11 is 1.66. The van der Waals surface area contributed by atoms with E-state index in [2.05, 4.69) is 21.7 Å². The molecule has 0 atom stereocenters. The maximum absolute atomic E-state index is 12.4. The van der Waals surface area contributed by atoms with Gasteiger partial charge in [0.05, 0.1) is 6.26 Å². The van der Waals surface area contributed by atoms with Crippen LogP contribution in [0.4, 0.5) is 0 Å². The van der Waals surface area contributed by atoms with Crippen molar-refractivity contribution in [1.29, 1.82) is 0 Å². The van der Waals surface area contributed by atoms with Gasteiger partial charge in [0.2, 0.25) is 0 Å². The van der Waals surface area contributed by atoms with Crippen molar-refractivity contribution in [2.45, 2.75) is 6.54 Å². The van der Waals surface area contributed by atoms with Crippen molar-refractivity contribution >= 4 is 17.2 Å². The number of carbonyl (C=O) groups excluding carboxylic acids is 1. The first-order chi connectivity index (χ1) is 12.8. The average Bonchev–Trinajstić information content (AvgIpc) is 3.40. The van der Waals surface area contributed by atoms with E-state index in [0.29, 0.717) is 17.9 Å². The van der Waals surface area contributed by atoms with Gasteiger partial charge in [-0.15, -0.1) is 0 Å². The van der Waals surface area contributed by atoms with Crippen LogP contribution in [0.2, 0.25) is 0 Å². The molecule has 1 amide bonds. The molecule has 0 unspecified atom stereocenters. The summed E-state index contributed by atoms with van der Waals surface area (Å²) in [5, 5.41) is 7.08. The fraction of sp³-hybridized carbons (Fsp3) is 0.0476. The quantitative estimate of drug-likeness (QED) is 0.545. The minimum absolute atomic E-state index is 0.0989. The molecule has 5 heteroatoms. The highest BCUT2D eigenvalue weighted by Gasteiger charge is 2.08. The number of pyridine rings is 1. The minimum Gasteiger partial charge on any atom is -0.463 e. The Morgan fingerprint density at radius 1 is 1.08 bits per heavy atom. The molecule has 1 aromatic carbocycles. The molecule has 0 saturated carbocycles. The molecule has 3 heterocycles. The molecule has 0 aliphatic carbocycles. The van der Waals surface area contributed by atoms with Gasteiger partial charge in [0.25, 0.3) is 5.91 Å². The van der Waals surface area contributed by atoms with Crippen molar-refractivity contribution < 1.29 is 9.21 Å². The number of aromatic nitrogens is 1. The van der Waals surface area contributed by atoms with Crippen molar-refractivity contribution in [3.63, 3.8) is 0 Å². The van der Waals surface area contributed by atoms with Crippen LogP contribution in [0.3, 0.4) is 0 Å². The zero-order chi connectivity index (χ0) is 17.8. The summed E-state index contributed by atoms with van der Waals surface area (Å²) in [4.78, 5) is 16.7. The predicted octanol–water partition coefficient (Wildman–Crippen LogP) is 5.00. The lowest BCUT2D eigenvalue weighted by atomic mass is 10.1. The molecule has 0 aliphatic rings. The lowest BCUT2D eigenvalue weighted by molar-refractivity contribution is 0.0951. The molecule has 4 aromatic rings. The molecule has 1 N–H and O–H groups in total. The first kappa shape index (κ1) is 16.3. The monoisotopic (exact) mass is 360 g/mol. The summed E-state index contributed by atoms with van der Waals surface area (Å²) in [6, 6.07) is 17.2. The number of benzene rings is 1. The zero-order valence-corrected chi connectivity index (χ0v) is 14.7. The van der Waals surface area contributed by atoms with Gasteiger partial charge < -0.3 is 9.73 Å². The summed E-state index contributed by atoms with van der Waals surface area (Å²) in [6.45, 7) is 0.432. The second-order valence-electron chi connectivity index (χ2n) is 5.80. The van der Waals surface area contributed by atoms with E-state index < -0.39 is 0 Å². The molecule has 26 heavy (non-hydrogen) atoms. The lowest BCUT2D eigenvalue weighted by Gasteiger charge is -2.07. The molecular formula is C21H16N2O2S. The zero-order valence-electron chi connectivity index (χ0n) is 13.9. The summed E-state index contributed by atoms with van der Waals surface area (Å²) in [6.07, 6.45) is 3.33. The van der Waals surface area contributed by atoms with E-state index >= 15 is 0 Å². The smallest absolute Gasteiger partial charge is 0.251 e. The molecule has 4 nitrogen and oxygen atoms in total. The van der Waals surface area contributed by atoms with Gasteiger partial charge in [-0.2, -0.15) is 11.3 Å². The van der Waals surface area contributed by atoms with Crippen LogP contribution in [0.15, 0.2) is 82.2 Å². The molecule has 3 aromatic heterocycles. The van der Waals surface area contributed by atoms with Crippen molar-refractivity contribution in [2.24, 2.45) is 0 Å². The van der Waals surface area contributed by atoms with Crippen LogP contribution in [0, 0.1) is 0 Å². The van der Waals surface area contributed by atoms with E-state index in [1.165, 1.54) is 5.56 Å². The van der Waals surface area contributed by atoms with Crippen LogP contribution in [0.1, 0.15) is 15.9 Å². The Labute approximate surface area is 155 Å². The topological polar surface area (TPSA) is 55.1 Å². The van der Waals surface area contributed by atoms with Gasteiger partial charge in [0, 0.05) is 18.3 Å². The highest BCUT2D eigenvalue weighted by atomic mass is 32.1. The number of nitrogens with one attached hydrogen (secondary N) is 1. The van der Waals surface area contributed by atoms with Crippen LogP contribution in [0.25, 0.3) is 22.6 Å². The van der Waals surface area contributed by atoms with E-state index in [0.717, 1.165) is 16.8 Å². The number of hydrogen-bond donors (Lipinski definition) is 1. The molecule has 0 radical (unpaired) electrons. The van der Waals surface area contributed by atoms with E-state index in [1.807, 2.05) is 53.9 Å². The predicted molar refractivity (Wildman–Crippen MR) is 103 cm³/mol. The average molecular weight is 360 g/mol. The second-order valence-corrected chi connectivity index (χ2v) is 6.58. The maximum Gasteiger partial charge on any atom is 0.251 e. The minimum atomic E-state index is -0.0989. The SMILES string of the molecule is O=C(NCc1ccnc(-c2ccco2)c1)c1ccc(-c2ccsc2)cc1. The summed E-state index contributed by atoms with van der Waals surface area (Å²) in [5.41, 5.74) is 4.64. The normalized spacial score (nSPS) is 10.6. The fourth-order valence-corrected chi connectivity index (χ4v) is 3.34. The third-order valence-corrected chi connectivity index (χ3v) is 4.74. The van der Waals surface area contributed by atoms with Crippen molar-refractivity contribution in [3.05, 3.63) is 88.9 Å². The first-order valence-corrected chi connectivity index (χ1v) is 9.13. The van der Waals surface area contributed by atoms with Gasteiger partial charge in [-0.25, -0.2) is 0 Å². The Balaban J connectivity index is 1.42. The number of carbonyl (C=O) groups is 1. The lowest BCUT2D eigenvalue weighted by Crippen LogP contribution is -2.22. The molecule has 0 aliphatic heterocycles. The van der Waals surface area contributed by atoms with Crippen LogP contribution < -0.4 is 5.32 Å². The number of amides is 1. The standard InChI is InChI=1S/C21H16N2O2S/c24-21(17-5-3-16(4-6-17)18-8-11-26-14-18)23-13-15-7-9-22-19(12-15)20-2-1-10-25-20/h1-12,14H,13H2,(H,23,24). The maximum atomic E-state index is 12.4. The van der Waals surface area contributed by atoms with E-state index in [4.69, 9.17) is 4.42 Å². The molecular weight excluding hydrogens is 344 g/mol. The second kappa shape index (κ2) is 7.37. The number of thiophene rings is 1. The highest BCUT2D eigenvalue weighted by molar-refractivity contribution is 7.08. The Morgan fingerprint density at radius 3 is 2.69 bits per heavy atom. The van der Waals surface area contributed by atoms with Gasteiger partial charge in [-0.3, -0.25) is 9.78 Å². The summed E-state index contributed by atoms with van der Waals surface area (Å²) in [5.74, 6) is 0.612. The van der Waals surface area contributed by atoms with Crippen LogP contribution >= 0.6 is 11.3 Å². The van der Waals surface area contributed by atoms with E-state index in [1.54, 1.807) is 23.8 Å². The van der Waals surface area contributed by atoms with Gasteiger partial charge in [-0.05, 0) is 69.9 Å². The van der Waals surface area contributed by atoms with Crippen LogP contribution in [0.5, 0.6) is 0 Å². The van der Waals surface area contributed by atoms with Crippen LogP contribution in [-0.4, -0.2) is 10.9 Å². The summed E-state index contributed by atoms with van der Waals surface area (Å²) in [7, 11) is 0. The van der Waals surface area contributed by atoms with Crippen LogP contribution in [-0.2, 0) is 6.54 Å². The Hall–Kier alpha value is -3.18. The molecule has 128 valence electrons. The molecule has 0 fully saturated rings. The number of furan rings is 1. The highest BCUT2D eigenvalue weighted by Crippen LogP contribution is 2.22. The van der Waals surface area contributed by atoms with Gasteiger partial charge in [0.15, 0.2) is 5.76 Å². The van der Waals surface area contributed by atoms with Crippen molar-refractivity contribution in [1.82, 2.24) is 10.3 Å². The Kier molecular flexibility index (Phi) is 4.62. The molecule has 0 saturated heterocycles. The molecule has 0 spiro atoms. The third kappa shape index (κ3) is 3.58. The summed E-state index contributed by atoms with van der Waals surface area (Å²) < 4.78 is 5.36. The van der Waals surface area contributed by atoms with Crippen molar-refractivity contribution in [3.8, 4) is 22.6 Å².